The van der Waals surface area contributed by atoms with E-state index in [1.807, 2.05) is 6.92 Å². The maximum Gasteiger partial charge on any atom is 0.182 e. The highest BCUT2D eigenvalue weighted by molar-refractivity contribution is 7.13. The lowest BCUT2D eigenvalue weighted by Gasteiger charge is -2.09. The summed E-state index contributed by atoms with van der Waals surface area (Å²) in [6, 6.07) is 0. The molecule has 1 saturated carbocycles. The van der Waals surface area contributed by atoms with Gasteiger partial charge in [0, 0.05) is 17.3 Å². The van der Waals surface area contributed by atoms with E-state index in [1.54, 1.807) is 11.3 Å². The molecule has 1 aliphatic carbocycles. The van der Waals surface area contributed by atoms with Crippen molar-refractivity contribution in [2.75, 3.05) is 11.9 Å². The number of alkyl halides is 1. The zero-order chi connectivity index (χ0) is 9.97. The Morgan fingerprint density at radius 1 is 1.64 bits per heavy atom. The standard InChI is InChI=1S/C10H15ClN2S/c1-7-6-14-10(13-7)12-5-8-2-3-9(11)4-8/h6,8-9H,2-5H2,1H3,(H,12,13). The number of aromatic nitrogens is 1. The Bertz CT molecular complexity index is 300. The van der Waals surface area contributed by atoms with Gasteiger partial charge in [-0.1, -0.05) is 0 Å². The molecule has 0 aliphatic heterocycles. The Labute approximate surface area is 93.7 Å². The van der Waals surface area contributed by atoms with Crippen LogP contribution >= 0.6 is 22.9 Å². The third kappa shape index (κ3) is 2.61. The van der Waals surface area contributed by atoms with Gasteiger partial charge >= 0.3 is 0 Å². The van der Waals surface area contributed by atoms with Gasteiger partial charge in [0.15, 0.2) is 5.13 Å². The van der Waals surface area contributed by atoms with Crippen LogP contribution in [-0.4, -0.2) is 16.9 Å². The Morgan fingerprint density at radius 2 is 2.50 bits per heavy atom. The van der Waals surface area contributed by atoms with Crippen molar-refractivity contribution in [1.29, 1.82) is 0 Å². The van der Waals surface area contributed by atoms with Gasteiger partial charge in [-0.3, -0.25) is 0 Å². The first kappa shape index (κ1) is 10.2. The number of thiazole rings is 1. The number of nitrogens with one attached hydrogen (secondary N) is 1. The number of hydrogen-bond acceptors (Lipinski definition) is 3. The quantitative estimate of drug-likeness (QED) is 0.807. The Hall–Kier alpha value is -0.280. The monoisotopic (exact) mass is 230 g/mol. The lowest BCUT2D eigenvalue weighted by Crippen LogP contribution is -2.11. The van der Waals surface area contributed by atoms with E-state index in [4.69, 9.17) is 11.6 Å². The van der Waals surface area contributed by atoms with Crippen LogP contribution in [0, 0.1) is 12.8 Å². The molecule has 2 atom stereocenters. The Kier molecular flexibility index (Phi) is 3.29. The van der Waals surface area contributed by atoms with Crippen LogP contribution in [0.5, 0.6) is 0 Å². The molecular weight excluding hydrogens is 216 g/mol. The lowest BCUT2D eigenvalue weighted by atomic mass is 10.1. The molecule has 1 aliphatic rings. The third-order valence-corrected chi connectivity index (χ3v) is 3.95. The van der Waals surface area contributed by atoms with Gasteiger partial charge in [-0.2, -0.15) is 0 Å². The smallest absolute Gasteiger partial charge is 0.182 e. The molecule has 0 amide bonds. The summed E-state index contributed by atoms with van der Waals surface area (Å²) >= 11 is 7.73. The number of anilines is 1. The van der Waals surface area contributed by atoms with E-state index in [9.17, 15) is 0 Å². The van der Waals surface area contributed by atoms with Gasteiger partial charge < -0.3 is 5.32 Å². The van der Waals surface area contributed by atoms with Crippen LogP contribution < -0.4 is 5.32 Å². The molecule has 2 rings (SSSR count). The van der Waals surface area contributed by atoms with Crippen LogP contribution in [0.4, 0.5) is 5.13 Å². The second-order valence-corrected chi connectivity index (χ2v) is 5.43. The predicted octanol–water partition coefficient (Wildman–Crippen LogP) is 3.27. The van der Waals surface area contributed by atoms with Gasteiger partial charge in [0.25, 0.3) is 0 Å². The molecule has 2 unspecified atom stereocenters. The van der Waals surface area contributed by atoms with Crippen molar-refractivity contribution >= 4 is 28.1 Å². The molecule has 1 fully saturated rings. The van der Waals surface area contributed by atoms with Gasteiger partial charge in [0.1, 0.15) is 0 Å². The summed E-state index contributed by atoms with van der Waals surface area (Å²) in [7, 11) is 0. The van der Waals surface area contributed by atoms with Gasteiger partial charge in [0.05, 0.1) is 5.69 Å². The summed E-state index contributed by atoms with van der Waals surface area (Å²) in [6.45, 7) is 3.04. The summed E-state index contributed by atoms with van der Waals surface area (Å²) in [5.41, 5.74) is 1.10. The first-order valence-electron chi connectivity index (χ1n) is 5.04. The number of halogens is 1. The van der Waals surface area contributed by atoms with Gasteiger partial charge in [-0.05, 0) is 32.1 Å². The molecule has 0 bridgehead atoms. The SMILES string of the molecule is Cc1csc(NCC2CCC(Cl)C2)n1. The normalized spacial score (nSPS) is 26.7. The zero-order valence-electron chi connectivity index (χ0n) is 8.29. The minimum absolute atomic E-state index is 0.403. The number of hydrogen-bond donors (Lipinski definition) is 1. The molecule has 1 aromatic rings. The highest BCUT2D eigenvalue weighted by Crippen LogP contribution is 2.29. The van der Waals surface area contributed by atoms with Crippen LogP contribution in [0.3, 0.4) is 0 Å². The van der Waals surface area contributed by atoms with E-state index in [1.165, 1.54) is 12.8 Å². The summed E-state index contributed by atoms with van der Waals surface area (Å²) < 4.78 is 0. The maximum absolute atomic E-state index is 6.05. The van der Waals surface area contributed by atoms with Gasteiger partial charge in [0.2, 0.25) is 0 Å². The highest BCUT2D eigenvalue weighted by Gasteiger charge is 2.22. The molecule has 4 heteroatoms. The average molecular weight is 231 g/mol. The minimum Gasteiger partial charge on any atom is -0.361 e. The Morgan fingerprint density at radius 3 is 3.07 bits per heavy atom. The first-order valence-corrected chi connectivity index (χ1v) is 6.35. The van der Waals surface area contributed by atoms with Crippen molar-refractivity contribution < 1.29 is 0 Å². The second kappa shape index (κ2) is 4.49. The number of nitrogens with zero attached hydrogens (tertiary/aromatic N) is 1. The van der Waals surface area contributed by atoms with Gasteiger partial charge in [-0.25, -0.2) is 4.98 Å². The molecule has 1 aromatic heterocycles. The molecule has 0 saturated heterocycles. The van der Waals surface area contributed by atoms with Crippen LogP contribution in [0.15, 0.2) is 5.38 Å². The topological polar surface area (TPSA) is 24.9 Å². The van der Waals surface area contributed by atoms with Crippen molar-refractivity contribution in [3.63, 3.8) is 0 Å². The fourth-order valence-corrected chi connectivity index (χ4v) is 2.94. The molecule has 1 N–H and O–H groups in total. The fraction of sp³-hybridized carbons (Fsp3) is 0.700. The van der Waals surface area contributed by atoms with E-state index >= 15 is 0 Å². The molecule has 78 valence electrons. The van der Waals surface area contributed by atoms with E-state index in [-0.39, 0.29) is 0 Å². The van der Waals surface area contributed by atoms with Crippen molar-refractivity contribution in [3.8, 4) is 0 Å². The Balaban J connectivity index is 1.77. The maximum atomic E-state index is 6.05. The van der Waals surface area contributed by atoms with Crippen LogP contribution in [0.1, 0.15) is 25.0 Å². The largest absolute Gasteiger partial charge is 0.361 e. The van der Waals surface area contributed by atoms with E-state index in [0.29, 0.717) is 5.38 Å². The fourth-order valence-electron chi connectivity index (χ4n) is 1.87. The van der Waals surface area contributed by atoms with Crippen molar-refractivity contribution in [1.82, 2.24) is 4.98 Å². The summed E-state index contributed by atoms with van der Waals surface area (Å²) in [5, 5.41) is 6.89. The molecule has 14 heavy (non-hydrogen) atoms. The zero-order valence-corrected chi connectivity index (χ0v) is 9.87. The number of aryl methyl sites for hydroxylation is 1. The summed E-state index contributed by atoms with van der Waals surface area (Å²) in [6.07, 6.45) is 3.58. The lowest BCUT2D eigenvalue weighted by molar-refractivity contribution is 0.580. The van der Waals surface area contributed by atoms with Crippen molar-refractivity contribution in [2.45, 2.75) is 31.6 Å². The van der Waals surface area contributed by atoms with Crippen molar-refractivity contribution in [2.24, 2.45) is 5.92 Å². The van der Waals surface area contributed by atoms with Crippen LogP contribution in [0.25, 0.3) is 0 Å². The highest BCUT2D eigenvalue weighted by atomic mass is 35.5. The molecule has 1 heterocycles. The second-order valence-electron chi connectivity index (χ2n) is 3.95. The molecule has 0 spiro atoms. The molecular formula is C10H15ClN2S. The molecule has 0 aromatic carbocycles. The van der Waals surface area contributed by atoms with Crippen molar-refractivity contribution in [3.05, 3.63) is 11.1 Å². The van der Waals surface area contributed by atoms with E-state index < -0.39 is 0 Å². The van der Waals surface area contributed by atoms with Crippen LogP contribution in [-0.2, 0) is 0 Å². The number of rotatable bonds is 3. The summed E-state index contributed by atoms with van der Waals surface area (Å²) in [4.78, 5) is 4.37. The first-order chi connectivity index (χ1) is 6.74. The molecule has 0 radical (unpaired) electrons. The average Bonchev–Trinajstić information content (AvgIpc) is 2.72. The molecule has 2 nitrogen and oxygen atoms in total. The third-order valence-electron chi connectivity index (χ3n) is 2.64. The van der Waals surface area contributed by atoms with E-state index in [0.717, 1.165) is 29.7 Å². The summed E-state index contributed by atoms with van der Waals surface area (Å²) in [5.74, 6) is 0.738. The predicted molar refractivity (Wildman–Crippen MR) is 62.3 cm³/mol. The van der Waals surface area contributed by atoms with Gasteiger partial charge in [-0.15, -0.1) is 22.9 Å². The minimum atomic E-state index is 0.403. The van der Waals surface area contributed by atoms with E-state index in [2.05, 4.69) is 15.7 Å². The van der Waals surface area contributed by atoms with Crippen LogP contribution in [0.2, 0.25) is 0 Å².